The van der Waals surface area contributed by atoms with E-state index in [0.29, 0.717) is 29.4 Å². The molecule has 5 rings (SSSR count). The van der Waals surface area contributed by atoms with Crippen molar-refractivity contribution < 1.29 is 14.3 Å². The fourth-order valence-corrected chi connectivity index (χ4v) is 3.89. The second-order valence-electron chi connectivity index (χ2n) is 7.41. The monoisotopic (exact) mass is 431 g/mol. The van der Waals surface area contributed by atoms with Gasteiger partial charge < -0.3 is 19.4 Å². The van der Waals surface area contributed by atoms with E-state index in [1.54, 1.807) is 36.9 Å². The quantitative estimate of drug-likeness (QED) is 0.459. The SMILES string of the molecule is COC(=O)c1cccc(-c2ncc(OC[C@H]3CCCN3c3ncnc4nc[nH]c34)cn2)c1. The van der Waals surface area contributed by atoms with Crippen molar-refractivity contribution in [3.8, 4) is 17.1 Å². The molecule has 0 aliphatic carbocycles. The van der Waals surface area contributed by atoms with E-state index < -0.39 is 5.97 Å². The Hall–Kier alpha value is -4.08. The highest BCUT2D eigenvalue weighted by atomic mass is 16.5. The molecule has 0 radical (unpaired) electrons. The summed E-state index contributed by atoms with van der Waals surface area (Å²) in [4.78, 5) is 38.8. The van der Waals surface area contributed by atoms with Gasteiger partial charge in [0.2, 0.25) is 0 Å². The molecule has 10 nitrogen and oxygen atoms in total. The number of anilines is 1. The van der Waals surface area contributed by atoms with Gasteiger partial charge in [0, 0.05) is 12.1 Å². The van der Waals surface area contributed by atoms with Gasteiger partial charge in [0.25, 0.3) is 0 Å². The van der Waals surface area contributed by atoms with Crippen molar-refractivity contribution in [3.05, 3.63) is 54.9 Å². The summed E-state index contributed by atoms with van der Waals surface area (Å²) in [6.45, 7) is 1.38. The number of nitrogens with zero attached hydrogens (tertiary/aromatic N) is 6. The zero-order valence-corrected chi connectivity index (χ0v) is 17.4. The number of aromatic nitrogens is 6. The Kier molecular flexibility index (Phi) is 5.32. The van der Waals surface area contributed by atoms with Crippen LogP contribution < -0.4 is 9.64 Å². The number of nitrogens with one attached hydrogen (secondary N) is 1. The van der Waals surface area contributed by atoms with Gasteiger partial charge in [-0.15, -0.1) is 0 Å². The number of aromatic amines is 1. The van der Waals surface area contributed by atoms with Crippen molar-refractivity contribution in [1.29, 1.82) is 0 Å². The molecule has 0 bridgehead atoms. The predicted octanol–water partition coefficient (Wildman–Crippen LogP) is 2.64. The first-order valence-corrected chi connectivity index (χ1v) is 10.3. The molecule has 1 fully saturated rings. The van der Waals surface area contributed by atoms with E-state index in [4.69, 9.17) is 9.47 Å². The van der Waals surface area contributed by atoms with E-state index >= 15 is 0 Å². The van der Waals surface area contributed by atoms with Gasteiger partial charge in [0.05, 0.1) is 37.4 Å². The zero-order chi connectivity index (χ0) is 21.9. The van der Waals surface area contributed by atoms with Crippen LogP contribution in [-0.4, -0.2) is 62.2 Å². The molecule has 0 saturated carbocycles. The van der Waals surface area contributed by atoms with Crippen molar-refractivity contribution in [2.24, 2.45) is 0 Å². The number of imidazole rings is 1. The zero-order valence-electron chi connectivity index (χ0n) is 17.4. The number of carbonyl (C=O) groups excluding carboxylic acids is 1. The van der Waals surface area contributed by atoms with E-state index in [0.717, 1.165) is 36.3 Å². The first kappa shape index (κ1) is 19.9. The average molecular weight is 431 g/mol. The van der Waals surface area contributed by atoms with Gasteiger partial charge in [-0.05, 0) is 25.0 Å². The van der Waals surface area contributed by atoms with Gasteiger partial charge in [0.15, 0.2) is 23.0 Å². The highest BCUT2D eigenvalue weighted by molar-refractivity contribution is 5.90. The molecule has 10 heteroatoms. The van der Waals surface area contributed by atoms with Crippen LogP contribution in [0.5, 0.6) is 5.75 Å². The minimum atomic E-state index is -0.399. The minimum absolute atomic E-state index is 0.174. The fraction of sp³-hybridized carbons (Fsp3) is 0.273. The van der Waals surface area contributed by atoms with Crippen molar-refractivity contribution in [3.63, 3.8) is 0 Å². The summed E-state index contributed by atoms with van der Waals surface area (Å²) in [7, 11) is 1.35. The molecule has 1 aliphatic rings. The van der Waals surface area contributed by atoms with Gasteiger partial charge >= 0.3 is 5.97 Å². The maximum absolute atomic E-state index is 11.7. The summed E-state index contributed by atoms with van der Waals surface area (Å²) >= 11 is 0. The Balaban J connectivity index is 1.27. The number of benzene rings is 1. The number of H-pyrrole nitrogens is 1. The lowest BCUT2D eigenvalue weighted by molar-refractivity contribution is 0.0601. The van der Waals surface area contributed by atoms with Crippen LogP contribution in [0.3, 0.4) is 0 Å². The average Bonchev–Trinajstić information content (AvgIpc) is 3.52. The van der Waals surface area contributed by atoms with Crippen LogP contribution in [0.1, 0.15) is 23.2 Å². The Morgan fingerprint density at radius 2 is 2.06 bits per heavy atom. The molecule has 0 amide bonds. The topological polar surface area (TPSA) is 119 Å². The van der Waals surface area contributed by atoms with Crippen molar-refractivity contribution in [2.45, 2.75) is 18.9 Å². The molecule has 1 aliphatic heterocycles. The molecule has 1 aromatic carbocycles. The largest absolute Gasteiger partial charge is 0.488 e. The number of rotatable bonds is 6. The lowest BCUT2D eigenvalue weighted by atomic mass is 10.1. The van der Waals surface area contributed by atoms with Gasteiger partial charge in [-0.25, -0.2) is 29.7 Å². The summed E-state index contributed by atoms with van der Waals surface area (Å²) in [5.74, 6) is 1.53. The van der Waals surface area contributed by atoms with E-state index in [1.165, 1.54) is 13.4 Å². The van der Waals surface area contributed by atoms with Crippen molar-refractivity contribution in [1.82, 2.24) is 29.9 Å². The second kappa shape index (κ2) is 8.58. The molecule has 162 valence electrons. The molecular formula is C22H21N7O3. The van der Waals surface area contributed by atoms with Crippen LogP contribution in [0.4, 0.5) is 5.82 Å². The van der Waals surface area contributed by atoms with Crippen molar-refractivity contribution in [2.75, 3.05) is 25.2 Å². The third-order valence-corrected chi connectivity index (χ3v) is 5.46. The fourth-order valence-electron chi connectivity index (χ4n) is 3.89. The van der Waals surface area contributed by atoms with E-state index in [-0.39, 0.29) is 6.04 Å². The third kappa shape index (κ3) is 3.82. The minimum Gasteiger partial charge on any atom is -0.488 e. The van der Waals surface area contributed by atoms with Gasteiger partial charge in [-0.1, -0.05) is 12.1 Å². The van der Waals surface area contributed by atoms with Crippen LogP contribution in [-0.2, 0) is 4.74 Å². The number of carbonyl (C=O) groups is 1. The van der Waals surface area contributed by atoms with Crippen LogP contribution in [0.15, 0.2) is 49.3 Å². The maximum Gasteiger partial charge on any atom is 0.337 e. The number of methoxy groups -OCH3 is 1. The van der Waals surface area contributed by atoms with E-state index in [1.807, 2.05) is 6.07 Å². The molecule has 1 saturated heterocycles. The molecule has 0 unspecified atom stereocenters. The molecule has 1 N–H and O–H groups in total. The Bertz CT molecular complexity index is 1240. The normalized spacial score (nSPS) is 15.8. The first-order valence-electron chi connectivity index (χ1n) is 10.3. The Morgan fingerprint density at radius 3 is 2.91 bits per heavy atom. The molecule has 32 heavy (non-hydrogen) atoms. The second-order valence-corrected chi connectivity index (χ2v) is 7.41. The van der Waals surface area contributed by atoms with Crippen molar-refractivity contribution >= 4 is 23.0 Å². The van der Waals surface area contributed by atoms with Crippen LogP contribution in [0, 0.1) is 0 Å². The smallest absolute Gasteiger partial charge is 0.337 e. The third-order valence-electron chi connectivity index (χ3n) is 5.46. The van der Waals surface area contributed by atoms with Gasteiger partial charge in [0.1, 0.15) is 18.5 Å². The lowest BCUT2D eigenvalue weighted by Gasteiger charge is -2.25. The van der Waals surface area contributed by atoms with Crippen LogP contribution in [0.25, 0.3) is 22.6 Å². The first-order chi connectivity index (χ1) is 15.7. The molecule has 4 aromatic rings. The summed E-state index contributed by atoms with van der Waals surface area (Å²) in [5, 5.41) is 0. The molecule has 4 heterocycles. The number of ether oxygens (including phenoxy) is 2. The maximum atomic E-state index is 11.7. The standard InChI is InChI=1S/C22H21N7O3/c1-31-22(30)15-5-2-4-14(8-15)19-23-9-17(10-24-19)32-11-16-6-3-7-29(16)21-18-20(26-12-25-18)27-13-28-21/h2,4-5,8-10,12-13,16H,3,6-7,11H2,1H3,(H,25,26,27,28)/t16-/m1/s1. The predicted molar refractivity (Wildman–Crippen MR) is 116 cm³/mol. The number of hydrogen-bond acceptors (Lipinski definition) is 9. The summed E-state index contributed by atoms with van der Waals surface area (Å²) in [5.41, 5.74) is 2.67. The number of esters is 1. The summed E-state index contributed by atoms with van der Waals surface area (Å²) < 4.78 is 10.8. The summed E-state index contributed by atoms with van der Waals surface area (Å²) in [6.07, 6.45) is 8.51. The van der Waals surface area contributed by atoms with E-state index in [9.17, 15) is 4.79 Å². The van der Waals surface area contributed by atoms with Gasteiger partial charge in [-0.3, -0.25) is 0 Å². The Labute approximate surface area is 183 Å². The highest BCUT2D eigenvalue weighted by Gasteiger charge is 2.28. The van der Waals surface area contributed by atoms with Crippen LogP contribution >= 0.6 is 0 Å². The lowest BCUT2D eigenvalue weighted by Crippen LogP contribution is -2.35. The van der Waals surface area contributed by atoms with Crippen LogP contribution in [0.2, 0.25) is 0 Å². The Morgan fingerprint density at radius 1 is 1.19 bits per heavy atom. The molecule has 3 aromatic heterocycles. The number of fused-ring (bicyclic) bond motifs is 1. The summed E-state index contributed by atoms with van der Waals surface area (Å²) in [6, 6.07) is 7.18. The molecular weight excluding hydrogens is 410 g/mol. The van der Waals surface area contributed by atoms with Gasteiger partial charge in [-0.2, -0.15) is 0 Å². The molecule has 0 spiro atoms. The molecule has 1 atom stereocenters. The van der Waals surface area contributed by atoms with E-state index in [2.05, 4.69) is 34.8 Å². The number of hydrogen-bond donors (Lipinski definition) is 1. The highest BCUT2D eigenvalue weighted by Crippen LogP contribution is 2.28.